The summed E-state index contributed by atoms with van der Waals surface area (Å²) >= 11 is 0. The third-order valence-electron chi connectivity index (χ3n) is 10.9. The van der Waals surface area contributed by atoms with E-state index < -0.39 is 0 Å². The van der Waals surface area contributed by atoms with Gasteiger partial charge >= 0.3 is 0 Å². The van der Waals surface area contributed by atoms with Gasteiger partial charge in [-0.05, 0) is 119 Å². The minimum atomic E-state index is 0.608. The highest BCUT2D eigenvalue weighted by Gasteiger charge is 2.20. The Labute approximate surface area is 315 Å². The molecule has 0 aliphatic carbocycles. The molecular formula is C50H28N4O. The lowest BCUT2D eigenvalue weighted by molar-refractivity contribution is 0.673. The molecule has 0 saturated heterocycles. The fraction of sp³-hybridized carbons (Fsp3) is 0. The van der Waals surface area contributed by atoms with Gasteiger partial charge in [-0.1, -0.05) is 72.8 Å². The molecule has 0 saturated carbocycles. The lowest BCUT2D eigenvalue weighted by atomic mass is 9.96. The van der Waals surface area contributed by atoms with Crippen LogP contribution in [0.1, 0.15) is 11.1 Å². The van der Waals surface area contributed by atoms with Crippen molar-refractivity contribution in [1.29, 1.82) is 10.5 Å². The van der Waals surface area contributed by atoms with E-state index >= 15 is 0 Å². The van der Waals surface area contributed by atoms with Crippen LogP contribution in [-0.4, -0.2) is 9.13 Å². The molecule has 11 rings (SSSR count). The summed E-state index contributed by atoms with van der Waals surface area (Å²) in [6, 6.07) is 63.1. The lowest BCUT2D eigenvalue weighted by Gasteiger charge is -2.14. The number of benzene rings is 8. The van der Waals surface area contributed by atoms with Crippen LogP contribution in [0.15, 0.2) is 174 Å². The van der Waals surface area contributed by atoms with Gasteiger partial charge in [-0.3, -0.25) is 0 Å². The van der Waals surface area contributed by atoms with E-state index in [2.05, 4.69) is 124 Å². The number of para-hydroxylation sites is 3. The van der Waals surface area contributed by atoms with Crippen LogP contribution in [0.2, 0.25) is 0 Å². The van der Waals surface area contributed by atoms with Gasteiger partial charge in [0.25, 0.3) is 0 Å². The van der Waals surface area contributed by atoms with Gasteiger partial charge in [0.1, 0.15) is 11.2 Å². The average Bonchev–Trinajstić information content (AvgIpc) is 3.91. The van der Waals surface area contributed by atoms with Crippen molar-refractivity contribution in [3.8, 4) is 45.8 Å². The smallest absolute Gasteiger partial charge is 0.145 e. The van der Waals surface area contributed by atoms with Crippen molar-refractivity contribution in [2.45, 2.75) is 0 Å². The van der Waals surface area contributed by atoms with E-state index in [4.69, 9.17) is 4.42 Å². The van der Waals surface area contributed by atoms with Crippen molar-refractivity contribution in [3.05, 3.63) is 181 Å². The number of nitrogens with zero attached hydrogens (tertiary/aromatic N) is 4. The zero-order valence-electron chi connectivity index (χ0n) is 29.4. The second-order valence-electron chi connectivity index (χ2n) is 14.0. The van der Waals surface area contributed by atoms with Gasteiger partial charge in [-0.15, -0.1) is 0 Å². The molecule has 0 amide bonds. The Bertz CT molecular complexity index is 3460. The van der Waals surface area contributed by atoms with Crippen LogP contribution in [0.5, 0.6) is 0 Å². The van der Waals surface area contributed by atoms with E-state index in [-0.39, 0.29) is 0 Å². The van der Waals surface area contributed by atoms with Gasteiger partial charge in [0.05, 0.1) is 50.7 Å². The molecule has 3 heterocycles. The minimum absolute atomic E-state index is 0.608. The zero-order valence-corrected chi connectivity index (χ0v) is 29.4. The normalized spacial score (nSPS) is 11.6. The van der Waals surface area contributed by atoms with Gasteiger partial charge in [0.15, 0.2) is 0 Å². The van der Waals surface area contributed by atoms with Gasteiger partial charge in [-0.25, -0.2) is 0 Å². The summed E-state index contributed by atoms with van der Waals surface area (Å²) in [4.78, 5) is 0. The predicted molar refractivity (Wildman–Crippen MR) is 223 cm³/mol. The van der Waals surface area contributed by atoms with Crippen molar-refractivity contribution in [1.82, 2.24) is 9.13 Å². The molecule has 254 valence electrons. The van der Waals surface area contributed by atoms with Crippen molar-refractivity contribution < 1.29 is 4.42 Å². The quantitative estimate of drug-likeness (QED) is 0.183. The highest BCUT2D eigenvalue weighted by molar-refractivity contribution is 6.24. The largest absolute Gasteiger partial charge is 0.455 e. The number of hydrogen-bond donors (Lipinski definition) is 0. The molecule has 11 aromatic rings. The number of fused-ring (bicyclic) bond motifs is 10. The number of aromatic nitrogens is 2. The highest BCUT2D eigenvalue weighted by atomic mass is 16.3. The highest BCUT2D eigenvalue weighted by Crippen LogP contribution is 2.42. The average molecular weight is 701 g/mol. The van der Waals surface area contributed by atoms with E-state index in [9.17, 15) is 10.5 Å². The molecule has 5 heteroatoms. The summed E-state index contributed by atoms with van der Waals surface area (Å²) in [5.74, 6) is 0. The maximum absolute atomic E-state index is 9.88. The number of furan rings is 1. The molecule has 5 nitrogen and oxygen atoms in total. The molecule has 0 N–H and O–H groups in total. The molecule has 55 heavy (non-hydrogen) atoms. The van der Waals surface area contributed by atoms with Crippen LogP contribution in [0.25, 0.3) is 99.2 Å². The number of hydrogen-bond acceptors (Lipinski definition) is 3. The minimum Gasteiger partial charge on any atom is -0.455 e. The zero-order chi connectivity index (χ0) is 36.6. The first kappa shape index (κ1) is 30.7. The van der Waals surface area contributed by atoms with Crippen molar-refractivity contribution in [2.24, 2.45) is 0 Å². The van der Waals surface area contributed by atoms with Crippen molar-refractivity contribution in [3.63, 3.8) is 0 Å². The molecule has 0 unspecified atom stereocenters. The van der Waals surface area contributed by atoms with E-state index in [1.54, 1.807) is 0 Å². The SMILES string of the molecule is N#Cc1cccc(-c2cc(-c3ccc4c(c3)c3cc(C#N)ccc3n4-c3ccccc3)cc(-n3c4ccccc4c4c5oc6ccccc6c5ccc43)c2)c1. The van der Waals surface area contributed by atoms with Crippen LogP contribution in [0.4, 0.5) is 0 Å². The van der Waals surface area contributed by atoms with Gasteiger partial charge < -0.3 is 13.6 Å². The summed E-state index contributed by atoms with van der Waals surface area (Å²) in [6.45, 7) is 0. The molecule has 3 aromatic heterocycles. The Morgan fingerprint density at radius 3 is 1.84 bits per heavy atom. The van der Waals surface area contributed by atoms with Crippen LogP contribution >= 0.6 is 0 Å². The summed E-state index contributed by atoms with van der Waals surface area (Å²) in [6.07, 6.45) is 0. The third kappa shape index (κ3) is 4.64. The molecule has 0 fully saturated rings. The van der Waals surface area contributed by atoms with Crippen molar-refractivity contribution >= 4 is 65.6 Å². The predicted octanol–water partition coefficient (Wildman–Crippen LogP) is 12.9. The van der Waals surface area contributed by atoms with Gasteiger partial charge in [0, 0.05) is 38.3 Å². The molecule has 0 spiro atoms. The second-order valence-corrected chi connectivity index (χ2v) is 14.0. The topological polar surface area (TPSA) is 70.6 Å². The summed E-state index contributed by atoms with van der Waals surface area (Å²) in [7, 11) is 0. The summed E-state index contributed by atoms with van der Waals surface area (Å²) in [5.41, 5.74) is 13.3. The van der Waals surface area contributed by atoms with Gasteiger partial charge in [-0.2, -0.15) is 10.5 Å². The van der Waals surface area contributed by atoms with Crippen LogP contribution < -0.4 is 0 Å². The first-order valence-electron chi connectivity index (χ1n) is 18.2. The molecule has 0 aliphatic heterocycles. The second kappa shape index (κ2) is 11.8. The summed E-state index contributed by atoms with van der Waals surface area (Å²) in [5, 5.41) is 26.2. The Kier molecular flexibility index (Phi) is 6.61. The van der Waals surface area contributed by atoms with E-state index in [1.165, 1.54) is 0 Å². The first-order chi connectivity index (χ1) is 27.2. The molecular weight excluding hydrogens is 673 g/mol. The Balaban J connectivity index is 1.20. The molecule has 0 radical (unpaired) electrons. The monoisotopic (exact) mass is 700 g/mol. The number of rotatable bonds is 4. The van der Waals surface area contributed by atoms with E-state index in [0.29, 0.717) is 11.1 Å². The first-order valence-corrected chi connectivity index (χ1v) is 18.2. The standard InChI is InChI=1S/C50H28N4O/c51-29-31-9-8-10-33(23-31)35-25-36(34-18-21-46-43(28-34)42-24-32(30-52)17-20-45(42)53(46)37-11-2-1-3-12-37)27-38(26-35)54-44-15-6-4-14-41(44)49-47(54)22-19-40-39-13-5-7-16-48(39)55-50(40)49/h1-28H. The van der Waals surface area contributed by atoms with Crippen LogP contribution in [-0.2, 0) is 0 Å². The van der Waals surface area contributed by atoms with Crippen molar-refractivity contribution in [2.75, 3.05) is 0 Å². The third-order valence-corrected chi connectivity index (χ3v) is 10.9. The molecule has 0 aliphatic rings. The number of nitriles is 2. The van der Waals surface area contributed by atoms with E-state index in [1.807, 2.05) is 66.7 Å². The van der Waals surface area contributed by atoms with Crippen LogP contribution in [0, 0.1) is 22.7 Å². The van der Waals surface area contributed by atoms with Gasteiger partial charge in [0.2, 0.25) is 0 Å². The molecule has 0 bridgehead atoms. The molecule has 0 atom stereocenters. The summed E-state index contributed by atoms with van der Waals surface area (Å²) < 4.78 is 11.2. The maximum atomic E-state index is 9.88. The molecule has 8 aromatic carbocycles. The Morgan fingerprint density at radius 1 is 0.382 bits per heavy atom. The lowest BCUT2D eigenvalue weighted by Crippen LogP contribution is -1.96. The van der Waals surface area contributed by atoms with Crippen LogP contribution in [0.3, 0.4) is 0 Å². The maximum Gasteiger partial charge on any atom is 0.145 e. The fourth-order valence-corrected chi connectivity index (χ4v) is 8.48. The Morgan fingerprint density at radius 2 is 1.02 bits per heavy atom. The fourth-order valence-electron chi connectivity index (χ4n) is 8.48. The van der Waals surface area contributed by atoms with E-state index in [0.717, 1.165) is 99.2 Å². The Hall–Kier alpha value is -7.86.